The number of aromatic nitrogens is 2. The number of alkyl halides is 3. The van der Waals surface area contributed by atoms with Crippen molar-refractivity contribution in [3.05, 3.63) is 81.8 Å². The smallest absolute Gasteiger partial charge is 0.349 e. The molecule has 2 N–H and O–H groups in total. The van der Waals surface area contributed by atoms with E-state index in [-0.39, 0.29) is 42.5 Å². The molecule has 1 aliphatic heterocycles. The second-order valence-corrected chi connectivity index (χ2v) is 7.30. The van der Waals surface area contributed by atoms with E-state index in [9.17, 15) is 36.3 Å². The minimum Gasteiger partial charge on any atom is -0.349 e. The Hall–Kier alpha value is -3.80. The standard InChI is InChI=1S/C15H10F4N4O3.C6H4ClF.C2H6/c16-9-2-7(1-8(3-9)15(17,18)19)14(26)22-13-10-4-20-12(25)5-23(10)11(6-24)21-13;7-5-1-3-6(8)4-2-5;1-2/h1-3,6H,4-5H2,(H,20,25)(H,22,26);1-4H;1-2H3. The van der Waals surface area contributed by atoms with Crippen molar-refractivity contribution in [3.8, 4) is 0 Å². The van der Waals surface area contributed by atoms with Crippen molar-refractivity contribution in [1.29, 1.82) is 0 Å². The molecule has 0 saturated heterocycles. The highest BCUT2D eigenvalue weighted by molar-refractivity contribution is 6.30. The third-order valence-corrected chi connectivity index (χ3v) is 4.74. The van der Waals surface area contributed by atoms with Crippen LogP contribution in [-0.2, 0) is 24.1 Å². The molecule has 0 radical (unpaired) electrons. The van der Waals surface area contributed by atoms with E-state index in [0.717, 1.165) is 0 Å². The van der Waals surface area contributed by atoms with Crippen LogP contribution in [0.5, 0.6) is 0 Å². The first-order chi connectivity index (χ1) is 17.0. The lowest BCUT2D eigenvalue weighted by Crippen LogP contribution is -2.35. The third kappa shape index (κ3) is 7.35. The summed E-state index contributed by atoms with van der Waals surface area (Å²) in [6.45, 7) is 3.77. The molecule has 36 heavy (non-hydrogen) atoms. The predicted molar refractivity (Wildman–Crippen MR) is 122 cm³/mol. The number of anilines is 1. The van der Waals surface area contributed by atoms with E-state index in [2.05, 4.69) is 15.6 Å². The maximum absolute atomic E-state index is 13.4. The molecule has 1 aliphatic rings. The van der Waals surface area contributed by atoms with Gasteiger partial charge in [0, 0.05) is 10.6 Å². The second kappa shape index (κ2) is 12.2. The summed E-state index contributed by atoms with van der Waals surface area (Å²) in [5.74, 6) is -3.11. The average Bonchev–Trinajstić information content (AvgIpc) is 3.18. The molecule has 0 bridgehead atoms. The quantitative estimate of drug-likeness (QED) is 0.358. The minimum atomic E-state index is -4.82. The van der Waals surface area contributed by atoms with Gasteiger partial charge in [-0.25, -0.2) is 13.8 Å². The Kier molecular flexibility index (Phi) is 9.68. The van der Waals surface area contributed by atoms with Crippen LogP contribution in [0.15, 0.2) is 42.5 Å². The first-order valence-corrected chi connectivity index (χ1v) is 10.8. The molecule has 3 aromatic rings. The van der Waals surface area contributed by atoms with Crippen LogP contribution >= 0.6 is 11.6 Å². The lowest BCUT2D eigenvalue weighted by Gasteiger charge is -2.17. The summed E-state index contributed by atoms with van der Waals surface area (Å²) in [5, 5.41) is 5.30. The van der Waals surface area contributed by atoms with Crippen molar-refractivity contribution in [1.82, 2.24) is 14.9 Å². The number of carbonyl (C=O) groups is 3. The molecule has 1 aromatic heterocycles. The summed E-state index contributed by atoms with van der Waals surface area (Å²) in [7, 11) is 0. The Morgan fingerprint density at radius 1 is 1.11 bits per heavy atom. The van der Waals surface area contributed by atoms with Gasteiger partial charge in [-0.1, -0.05) is 25.4 Å². The Morgan fingerprint density at radius 2 is 1.75 bits per heavy atom. The number of nitrogens with zero attached hydrogens (tertiary/aromatic N) is 2. The number of hydrogen-bond donors (Lipinski definition) is 2. The van der Waals surface area contributed by atoms with E-state index in [1.165, 1.54) is 28.8 Å². The van der Waals surface area contributed by atoms with Crippen LogP contribution in [0.4, 0.5) is 27.8 Å². The molecule has 192 valence electrons. The summed E-state index contributed by atoms with van der Waals surface area (Å²) < 4.78 is 65.0. The highest BCUT2D eigenvalue weighted by atomic mass is 35.5. The molecule has 0 fully saturated rings. The summed E-state index contributed by atoms with van der Waals surface area (Å²) >= 11 is 5.44. The predicted octanol–water partition coefficient (Wildman–Crippen LogP) is 5.24. The van der Waals surface area contributed by atoms with Gasteiger partial charge >= 0.3 is 6.18 Å². The molecule has 2 heterocycles. The molecule has 13 heteroatoms. The van der Waals surface area contributed by atoms with Crippen LogP contribution in [0.25, 0.3) is 0 Å². The van der Waals surface area contributed by atoms with E-state index in [4.69, 9.17) is 11.6 Å². The fourth-order valence-corrected chi connectivity index (χ4v) is 3.05. The lowest BCUT2D eigenvalue weighted by molar-refractivity contribution is -0.137. The normalized spacial score (nSPS) is 12.2. The molecule has 4 rings (SSSR count). The summed E-state index contributed by atoms with van der Waals surface area (Å²) in [5.41, 5.74) is -1.57. The van der Waals surface area contributed by atoms with E-state index in [0.29, 0.717) is 29.1 Å². The Bertz CT molecular complexity index is 1220. The molecule has 0 unspecified atom stereocenters. The van der Waals surface area contributed by atoms with Crippen LogP contribution in [0.1, 0.15) is 46.1 Å². The van der Waals surface area contributed by atoms with Crippen LogP contribution in [-0.4, -0.2) is 27.7 Å². The maximum atomic E-state index is 13.4. The zero-order valence-corrected chi connectivity index (χ0v) is 19.7. The van der Waals surface area contributed by atoms with Crippen molar-refractivity contribution >= 4 is 35.5 Å². The lowest BCUT2D eigenvalue weighted by atomic mass is 10.1. The van der Waals surface area contributed by atoms with Crippen molar-refractivity contribution in [3.63, 3.8) is 0 Å². The molecule has 0 spiro atoms. The zero-order chi connectivity index (χ0) is 27.0. The Balaban J connectivity index is 0.000000384. The van der Waals surface area contributed by atoms with E-state index in [1.54, 1.807) is 0 Å². The van der Waals surface area contributed by atoms with Crippen molar-refractivity contribution < 1.29 is 36.3 Å². The first-order valence-electron chi connectivity index (χ1n) is 10.4. The topological polar surface area (TPSA) is 93.1 Å². The number of aldehydes is 1. The van der Waals surface area contributed by atoms with Crippen molar-refractivity contribution in [2.45, 2.75) is 33.1 Å². The number of carbonyl (C=O) groups excluding carboxylic acids is 3. The highest BCUT2D eigenvalue weighted by Crippen LogP contribution is 2.30. The number of imidazole rings is 1. The van der Waals surface area contributed by atoms with Crippen LogP contribution in [0.2, 0.25) is 5.02 Å². The SMILES string of the molecule is CC.Fc1ccc(Cl)cc1.O=Cc1nc(NC(=O)c2cc(F)cc(C(F)(F)F)c2)c2n1CC(=O)NC2. The monoisotopic (exact) mass is 530 g/mol. The molecule has 7 nitrogen and oxygen atoms in total. The van der Waals surface area contributed by atoms with Gasteiger partial charge in [-0.05, 0) is 42.5 Å². The Labute approximate surface area is 207 Å². The van der Waals surface area contributed by atoms with Gasteiger partial charge in [0.15, 0.2) is 17.9 Å². The van der Waals surface area contributed by atoms with Gasteiger partial charge < -0.3 is 15.2 Å². The molecular weight excluding hydrogens is 511 g/mol. The maximum Gasteiger partial charge on any atom is 0.416 e. The van der Waals surface area contributed by atoms with Gasteiger partial charge in [0.1, 0.15) is 18.2 Å². The first kappa shape index (κ1) is 28.4. The van der Waals surface area contributed by atoms with Crippen LogP contribution in [0.3, 0.4) is 0 Å². The summed E-state index contributed by atoms with van der Waals surface area (Å²) in [4.78, 5) is 38.5. The fourth-order valence-electron chi connectivity index (χ4n) is 2.93. The zero-order valence-electron chi connectivity index (χ0n) is 18.9. The molecular formula is C23H20ClF5N4O3. The molecule has 2 amide bonds. The average molecular weight is 531 g/mol. The number of benzene rings is 2. The molecule has 2 aromatic carbocycles. The molecule has 0 aliphatic carbocycles. The summed E-state index contributed by atoms with van der Waals surface area (Å²) in [6, 6.07) is 7.09. The van der Waals surface area contributed by atoms with Gasteiger partial charge in [-0.2, -0.15) is 13.2 Å². The largest absolute Gasteiger partial charge is 0.416 e. The summed E-state index contributed by atoms with van der Waals surface area (Å²) in [6.07, 6.45) is -4.44. The Morgan fingerprint density at radius 3 is 2.31 bits per heavy atom. The number of hydrogen-bond acceptors (Lipinski definition) is 4. The van der Waals surface area contributed by atoms with E-state index >= 15 is 0 Å². The number of amides is 2. The second-order valence-electron chi connectivity index (χ2n) is 6.86. The third-order valence-electron chi connectivity index (χ3n) is 4.48. The molecule has 0 saturated carbocycles. The van der Waals surface area contributed by atoms with Gasteiger partial charge in [0.2, 0.25) is 5.91 Å². The number of fused-ring (bicyclic) bond motifs is 1. The fraction of sp³-hybridized carbons (Fsp3) is 0.217. The van der Waals surface area contributed by atoms with E-state index < -0.39 is 29.0 Å². The van der Waals surface area contributed by atoms with Gasteiger partial charge in [-0.3, -0.25) is 14.4 Å². The minimum absolute atomic E-state index is 0.0355. The molecule has 0 atom stereocenters. The highest BCUT2D eigenvalue weighted by Gasteiger charge is 2.32. The van der Waals surface area contributed by atoms with Crippen molar-refractivity contribution in [2.24, 2.45) is 0 Å². The number of nitrogens with one attached hydrogen (secondary N) is 2. The van der Waals surface area contributed by atoms with Crippen LogP contribution < -0.4 is 10.6 Å². The number of halogens is 6. The van der Waals surface area contributed by atoms with Gasteiger partial charge in [-0.15, -0.1) is 0 Å². The van der Waals surface area contributed by atoms with E-state index in [1.807, 2.05) is 13.8 Å². The van der Waals surface area contributed by atoms with Gasteiger partial charge in [0.05, 0.1) is 17.8 Å². The van der Waals surface area contributed by atoms with Crippen molar-refractivity contribution in [2.75, 3.05) is 5.32 Å². The van der Waals surface area contributed by atoms with Crippen LogP contribution in [0, 0.1) is 11.6 Å². The van der Waals surface area contributed by atoms with Gasteiger partial charge in [0.25, 0.3) is 5.91 Å². The number of rotatable bonds is 3.